The number of aliphatic hydroxyl groups is 1. The Labute approximate surface area is 184 Å². The van der Waals surface area contributed by atoms with Crippen molar-refractivity contribution >= 4 is 35.0 Å². The summed E-state index contributed by atoms with van der Waals surface area (Å²) in [7, 11) is 0. The molecule has 2 unspecified atom stereocenters. The lowest BCUT2D eigenvalue weighted by Crippen LogP contribution is -2.53. The number of fused-ring (bicyclic) bond motifs is 4. The number of hydrogen-bond acceptors (Lipinski definition) is 5. The Balaban J connectivity index is 1.55. The fraction of sp³-hybridized carbons (Fsp3) is 0.348. The van der Waals surface area contributed by atoms with Gasteiger partial charge in [0.05, 0.1) is 24.1 Å². The molecule has 4 atom stereocenters. The zero-order valence-corrected chi connectivity index (χ0v) is 17.6. The van der Waals surface area contributed by atoms with E-state index in [1.54, 1.807) is 19.1 Å². The van der Waals surface area contributed by atoms with E-state index < -0.39 is 29.3 Å². The summed E-state index contributed by atoms with van der Waals surface area (Å²) in [6, 6.07) is 12.3. The third-order valence-electron chi connectivity index (χ3n) is 6.84. The van der Waals surface area contributed by atoms with E-state index in [1.807, 2.05) is 30.3 Å². The van der Waals surface area contributed by atoms with Gasteiger partial charge in [-0.3, -0.25) is 24.6 Å². The average molecular weight is 440 g/mol. The van der Waals surface area contributed by atoms with Crippen LogP contribution in [0.2, 0.25) is 5.02 Å². The first-order chi connectivity index (χ1) is 14.9. The molecule has 31 heavy (non-hydrogen) atoms. The predicted molar refractivity (Wildman–Crippen MR) is 114 cm³/mol. The van der Waals surface area contributed by atoms with Crippen molar-refractivity contribution in [2.75, 3.05) is 18.5 Å². The highest BCUT2D eigenvalue weighted by atomic mass is 35.5. The summed E-state index contributed by atoms with van der Waals surface area (Å²) < 4.78 is 0. The van der Waals surface area contributed by atoms with Gasteiger partial charge in [-0.25, -0.2) is 0 Å². The average Bonchev–Trinajstić information content (AvgIpc) is 3.35. The third kappa shape index (κ3) is 2.70. The number of aliphatic hydroxyl groups excluding tert-OH is 1. The van der Waals surface area contributed by atoms with E-state index in [-0.39, 0.29) is 25.0 Å². The van der Waals surface area contributed by atoms with Gasteiger partial charge >= 0.3 is 0 Å². The van der Waals surface area contributed by atoms with Crippen LogP contribution < -0.4 is 10.6 Å². The van der Waals surface area contributed by atoms with Crippen molar-refractivity contribution in [1.29, 1.82) is 0 Å². The van der Waals surface area contributed by atoms with Gasteiger partial charge in [0, 0.05) is 23.2 Å². The highest BCUT2D eigenvalue weighted by molar-refractivity contribution is 6.32. The fourth-order valence-electron chi connectivity index (χ4n) is 5.31. The van der Waals surface area contributed by atoms with Gasteiger partial charge in [0.1, 0.15) is 5.54 Å². The minimum absolute atomic E-state index is 0.233. The second-order valence-corrected chi connectivity index (χ2v) is 8.76. The van der Waals surface area contributed by atoms with E-state index in [0.29, 0.717) is 28.3 Å². The van der Waals surface area contributed by atoms with Crippen molar-refractivity contribution in [3.63, 3.8) is 0 Å². The van der Waals surface area contributed by atoms with Gasteiger partial charge in [-0.15, -0.1) is 0 Å². The normalized spacial score (nSPS) is 28.9. The van der Waals surface area contributed by atoms with E-state index in [4.69, 9.17) is 11.6 Å². The van der Waals surface area contributed by atoms with Crippen molar-refractivity contribution in [3.8, 4) is 0 Å². The molecule has 2 saturated heterocycles. The molecule has 0 bridgehead atoms. The monoisotopic (exact) mass is 439 g/mol. The summed E-state index contributed by atoms with van der Waals surface area (Å²) in [6.07, 6.45) is 0.527. The number of halogens is 1. The second kappa shape index (κ2) is 7.15. The van der Waals surface area contributed by atoms with Gasteiger partial charge in [0.25, 0.3) is 0 Å². The molecule has 5 rings (SSSR count). The van der Waals surface area contributed by atoms with E-state index >= 15 is 0 Å². The van der Waals surface area contributed by atoms with Crippen molar-refractivity contribution in [2.45, 2.75) is 24.9 Å². The second-order valence-electron chi connectivity index (χ2n) is 8.36. The molecule has 3 aliphatic rings. The Morgan fingerprint density at radius 1 is 1.10 bits per heavy atom. The molecule has 1 spiro atoms. The van der Waals surface area contributed by atoms with Crippen LogP contribution >= 0.6 is 11.6 Å². The van der Waals surface area contributed by atoms with Crippen LogP contribution in [0.25, 0.3) is 0 Å². The van der Waals surface area contributed by atoms with Crippen LogP contribution in [-0.4, -0.2) is 46.9 Å². The quantitative estimate of drug-likeness (QED) is 0.628. The lowest BCUT2D eigenvalue weighted by molar-refractivity contribution is -0.142. The molecule has 2 fully saturated rings. The standard InChI is InChI=1S/C23H22ClN3O4/c1-12-15(24)8-7-14-19(12)25-22(31)23(14)18-17(16(11-28)26-23)20(29)27(21(18)30)10-9-13-5-3-2-4-6-13/h2-8,16-18,26,28H,9-11H2,1H3,(H,25,31)/t16?,17-,18+,23?/m1/s1. The molecule has 3 amide bonds. The van der Waals surface area contributed by atoms with Crippen LogP contribution in [0.5, 0.6) is 0 Å². The number of carbonyl (C=O) groups is 3. The number of anilines is 1. The number of amides is 3. The van der Waals surface area contributed by atoms with Gasteiger partial charge < -0.3 is 10.4 Å². The molecule has 3 aliphatic heterocycles. The topological polar surface area (TPSA) is 98.7 Å². The van der Waals surface area contributed by atoms with Crippen LogP contribution in [-0.2, 0) is 26.3 Å². The van der Waals surface area contributed by atoms with E-state index in [9.17, 15) is 19.5 Å². The summed E-state index contributed by atoms with van der Waals surface area (Å²) >= 11 is 6.24. The molecule has 8 heteroatoms. The molecule has 3 heterocycles. The summed E-state index contributed by atoms with van der Waals surface area (Å²) in [5, 5.41) is 16.5. The van der Waals surface area contributed by atoms with Crippen LogP contribution in [0.4, 0.5) is 5.69 Å². The maximum Gasteiger partial charge on any atom is 0.250 e. The number of nitrogens with zero attached hydrogens (tertiary/aromatic N) is 1. The zero-order chi connectivity index (χ0) is 21.9. The van der Waals surface area contributed by atoms with E-state index in [2.05, 4.69) is 10.6 Å². The molecule has 7 nitrogen and oxygen atoms in total. The van der Waals surface area contributed by atoms with Gasteiger partial charge in [-0.1, -0.05) is 48.0 Å². The molecule has 0 aromatic heterocycles. The van der Waals surface area contributed by atoms with Crippen LogP contribution in [0, 0.1) is 18.8 Å². The van der Waals surface area contributed by atoms with Gasteiger partial charge in [0.2, 0.25) is 17.7 Å². The molecule has 0 radical (unpaired) electrons. The Morgan fingerprint density at radius 2 is 1.84 bits per heavy atom. The predicted octanol–water partition coefficient (Wildman–Crippen LogP) is 1.60. The number of carbonyl (C=O) groups excluding carboxylic acids is 3. The van der Waals surface area contributed by atoms with Crippen molar-refractivity contribution in [3.05, 3.63) is 64.2 Å². The first-order valence-electron chi connectivity index (χ1n) is 10.3. The van der Waals surface area contributed by atoms with Crippen LogP contribution in [0.1, 0.15) is 16.7 Å². The smallest absolute Gasteiger partial charge is 0.250 e. The number of likely N-dealkylation sites (tertiary alicyclic amines) is 1. The maximum absolute atomic E-state index is 13.5. The molecule has 2 aromatic carbocycles. The van der Waals surface area contributed by atoms with Gasteiger partial charge in [-0.05, 0) is 30.5 Å². The molecule has 160 valence electrons. The third-order valence-corrected chi connectivity index (χ3v) is 7.25. The van der Waals surface area contributed by atoms with Crippen molar-refractivity contribution in [2.24, 2.45) is 11.8 Å². The highest BCUT2D eigenvalue weighted by Gasteiger charge is 2.70. The minimum Gasteiger partial charge on any atom is -0.395 e. The summed E-state index contributed by atoms with van der Waals surface area (Å²) in [5.41, 5.74) is 1.47. The largest absolute Gasteiger partial charge is 0.395 e. The number of hydrogen-bond donors (Lipinski definition) is 3. The fourth-order valence-corrected chi connectivity index (χ4v) is 5.47. The number of benzene rings is 2. The van der Waals surface area contributed by atoms with Crippen molar-refractivity contribution < 1.29 is 19.5 Å². The summed E-state index contributed by atoms with van der Waals surface area (Å²) in [5.74, 6) is -2.85. The zero-order valence-electron chi connectivity index (χ0n) is 16.9. The highest BCUT2D eigenvalue weighted by Crippen LogP contribution is 2.53. The SMILES string of the molecule is Cc1c(Cl)ccc2c1NC(=O)C21NC(CO)[C@H]2C(=O)N(CCc3ccccc3)C(=O)[C@H]21. The molecule has 0 aliphatic carbocycles. The summed E-state index contributed by atoms with van der Waals surface area (Å²) in [6.45, 7) is 1.67. The Bertz CT molecular complexity index is 1110. The minimum atomic E-state index is -1.41. The van der Waals surface area contributed by atoms with E-state index in [1.165, 1.54) is 4.90 Å². The van der Waals surface area contributed by atoms with E-state index in [0.717, 1.165) is 5.56 Å². The number of rotatable bonds is 4. The maximum atomic E-state index is 13.5. The van der Waals surface area contributed by atoms with Gasteiger partial charge in [0.15, 0.2) is 0 Å². The van der Waals surface area contributed by atoms with Crippen LogP contribution in [0.15, 0.2) is 42.5 Å². The molecular formula is C23H22ClN3O4. The van der Waals surface area contributed by atoms with Crippen molar-refractivity contribution in [1.82, 2.24) is 10.2 Å². The molecular weight excluding hydrogens is 418 g/mol. The number of imide groups is 1. The summed E-state index contributed by atoms with van der Waals surface area (Å²) in [4.78, 5) is 41.3. The lowest BCUT2D eigenvalue weighted by Gasteiger charge is -2.29. The first-order valence-corrected chi connectivity index (χ1v) is 10.7. The molecule has 0 saturated carbocycles. The molecule has 2 aromatic rings. The Hall–Kier alpha value is -2.74. The Kier molecular flexibility index (Phi) is 4.66. The van der Waals surface area contributed by atoms with Crippen LogP contribution in [0.3, 0.4) is 0 Å². The Morgan fingerprint density at radius 3 is 2.55 bits per heavy atom. The first kappa shape index (κ1) is 20.2. The number of nitrogens with one attached hydrogen (secondary N) is 2. The molecule has 3 N–H and O–H groups in total. The van der Waals surface area contributed by atoms with Gasteiger partial charge in [-0.2, -0.15) is 0 Å². The lowest BCUT2D eigenvalue weighted by atomic mass is 9.76.